The average Bonchev–Trinajstić information content (AvgIpc) is 3.89. The number of fused-ring (bicyclic) bond motifs is 6. The van der Waals surface area contributed by atoms with E-state index in [1.807, 2.05) is 98.9 Å². The maximum Gasteiger partial charge on any atom is 0.143 e. The van der Waals surface area contributed by atoms with Crippen molar-refractivity contribution in [2.75, 3.05) is 7.05 Å². The highest BCUT2D eigenvalue weighted by Crippen LogP contribution is 2.45. The van der Waals surface area contributed by atoms with Crippen molar-refractivity contribution in [3.05, 3.63) is 210 Å². The molecule has 7 aromatic carbocycles. The lowest BCUT2D eigenvalue weighted by atomic mass is 9.85. The maximum absolute atomic E-state index is 7.07. The molecule has 0 aliphatic rings. The first-order valence-electron chi connectivity index (χ1n) is 20.9. The Labute approximate surface area is 365 Å². The van der Waals surface area contributed by atoms with Crippen molar-refractivity contribution in [1.82, 2.24) is 0 Å². The van der Waals surface area contributed by atoms with E-state index < -0.39 is 5.54 Å². The highest BCUT2D eigenvalue weighted by atomic mass is 32.1. The Balaban J connectivity index is 0.000000457. The van der Waals surface area contributed by atoms with Crippen LogP contribution in [0.15, 0.2) is 187 Å². The zero-order valence-corrected chi connectivity index (χ0v) is 37.0. The standard InChI is InChI=1S/C46H37NOS.C7H9N.C2H6.CH5N/c1-5-6-8-15-29(2)34-19-13-20-35(30(34)3)40-26-31(36-21-14-22-38-37-18-11-12-23-43(37)49-45(36)38)27-41-39-28-33(24-25-42(39)48-44(40)41)46(4,47)32-16-9-7-10-17-32;8-6-7-4-2-1-3-5-7;2*1-2/h5-28H,2,47H2,1,3-4H3;1-5H,6,8H2;1-2H3;2H2,1H3/b6-5-,15-8-;;;. The zero-order chi connectivity index (χ0) is 43.5. The predicted octanol–water partition coefficient (Wildman–Crippen LogP) is 14.7. The van der Waals surface area contributed by atoms with Gasteiger partial charge < -0.3 is 21.6 Å². The molecule has 0 amide bonds. The second kappa shape index (κ2) is 20.3. The fourth-order valence-electron chi connectivity index (χ4n) is 7.74. The summed E-state index contributed by atoms with van der Waals surface area (Å²) in [6, 6.07) is 53.1. The molecular weight excluding hydrogens is 763 g/mol. The molecular formula is C56H57N3OS. The number of furan rings is 1. The van der Waals surface area contributed by atoms with Gasteiger partial charge in [-0.05, 0) is 108 Å². The topological polar surface area (TPSA) is 91.2 Å². The molecule has 6 N–H and O–H groups in total. The lowest BCUT2D eigenvalue weighted by molar-refractivity contribution is 0.603. The van der Waals surface area contributed by atoms with Gasteiger partial charge in [0, 0.05) is 43.1 Å². The van der Waals surface area contributed by atoms with E-state index in [2.05, 4.69) is 135 Å². The van der Waals surface area contributed by atoms with Crippen molar-refractivity contribution in [3.63, 3.8) is 0 Å². The Morgan fingerprint density at radius 2 is 1.33 bits per heavy atom. The molecule has 2 aromatic heterocycles. The number of thiophene rings is 1. The summed E-state index contributed by atoms with van der Waals surface area (Å²) < 4.78 is 9.37. The minimum absolute atomic E-state index is 0.640. The monoisotopic (exact) mass is 819 g/mol. The minimum Gasteiger partial charge on any atom is -0.455 e. The van der Waals surface area contributed by atoms with Crippen molar-refractivity contribution in [3.8, 4) is 22.3 Å². The Kier molecular flexibility index (Phi) is 14.7. The smallest absolute Gasteiger partial charge is 0.143 e. The summed E-state index contributed by atoms with van der Waals surface area (Å²) in [5.74, 6) is 0. The van der Waals surface area contributed by atoms with Crippen LogP contribution < -0.4 is 17.2 Å². The second-order valence-electron chi connectivity index (χ2n) is 14.6. The van der Waals surface area contributed by atoms with Crippen LogP contribution in [0, 0.1) is 6.92 Å². The first kappa shape index (κ1) is 44.2. The van der Waals surface area contributed by atoms with Crippen molar-refractivity contribution >= 4 is 59.0 Å². The second-order valence-corrected chi connectivity index (χ2v) is 15.7. The molecule has 0 radical (unpaired) electrons. The molecule has 0 bridgehead atoms. The van der Waals surface area contributed by atoms with Gasteiger partial charge in [0.05, 0.1) is 5.54 Å². The SMILES string of the molecule is C=C(/C=C\C=C/C)c1cccc(-c2cc(-c3cccc4c3sc3ccccc34)cc3c2oc2ccc(C(C)(N)c4ccccc4)cc23)c1C.CC.CN.NCc1ccccc1. The molecule has 1 unspecified atom stereocenters. The fourth-order valence-corrected chi connectivity index (χ4v) is 8.98. The van der Waals surface area contributed by atoms with Gasteiger partial charge in [0.15, 0.2) is 0 Å². The van der Waals surface area contributed by atoms with E-state index in [4.69, 9.17) is 15.9 Å². The third kappa shape index (κ3) is 9.22. The van der Waals surface area contributed by atoms with Gasteiger partial charge >= 0.3 is 0 Å². The normalized spacial score (nSPS) is 12.1. The van der Waals surface area contributed by atoms with Crippen LogP contribution >= 0.6 is 11.3 Å². The quantitative estimate of drug-likeness (QED) is 0.133. The highest BCUT2D eigenvalue weighted by Gasteiger charge is 2.26. The van der Waals surface area contributed by atoms with Crippen molar-refractivity contribution in [2.45, 2.75) is 46.7 Å². The Morgan fingerprint density at radius 3 is 2.03 bits per heavy atom. The van der Waals surface area contributed by atoms with Gasteiger partial charge in [-0.25, -0.2) is 0 Å². The van der Waals surface area contributed by atoms with E-state index in [1.54, 1.807) is 0 Å². The van der Waals surface area contributed by atoms with Crippen molar-refractivity contribution in [1.29, 1.82) is 0 Å². The van der Waals surface area contributed by atoms with Crippen LogP contribution in [0.25, 0.3) is 69.9 Å². The summed E-state index contributed by atoms with van der Waals surface area (Å²) in [5, 5.41) is 4.70. The first-order chi connectivity index (χ1) is 29.8. The molecule has 0 saturated carbocycles. The van der Waals surface area contributed by atoms with E-state index in [9.17, 15) is 0 Å². The Hall–Kier alpha value is -6.34. The summed E-state index contributed by atoms with van der Waals surface area (Å²) >= 11 is 1.85. The van der Waals surface area contributed by atoms with Gasteiger partial charge in [0.1, 0.15) is 11.2 Å². The number of nitrogens with two attached hydrogens (primary N) is 3. The third-order valence-electron chi connectivity index (χ3n) is 10.9. The number of rotatable bonds is 8. The van der Waals surface area contributed by atoms with Gasteiger partial charge in [-0.15, -0.1) is 11.3 Å². The van der Waals surface area contributed by atoms with Gasteiger partial charge in [-0.3, -0.25) is 0 Å². The van der Waals surface area contributed by atoms with Crippen molar-refractivity contribution in [2.24, 2.45) is 17.2 Å². The lowest BCUT2D eigenvalue weighted by Gasteiger charge is -2.26. The van der Waals surface area contributed by atoms with Crippen LogP contribution in [-0.4, -0.2) is 7.05 Å². The average molecular weight is 820 g/mol. The molecule has 61 heavy (non-hydrogen) atoms. The van der Waals surface area contributed by atoms with Crippen LogP contribution in [0.2, 0.25) is 0 Å². The maximum atomic E-state index is 7.07. The molecule has 308 valence electrons. The van der Waals surface area contributed by atoms with Gasteiger partial charge in [0.25, 0.3) is 0 Å². The third-order valence-corrected chi connectivity index (χ3v) is 12.1. The first-order valence-corrected chi connectivity index (χ1v) is 21.8. The van der Waals surface area contributed by atoms with Gasteiger partial charge in [0.2, 0.25) is 0 Å². The minimum atomic E-state index is -0.673. The molecule has 2 heterocycles. The Morgan fingerprint density at radius 1 is 0.672 bits per heavy atom. The van der Waals surface area contributed by atoms with Crippen molar-refractivity contribution < 1.29 is 4.42 Å². The molecule has 4 nitrogen and oxygen atoms in total. The molecule has 0 aliphatic carbocycles. The fraction of sp³-hybridized carbons (Fsp3) is 0.143. The molecule has 1 atom stereocenters. The van der Waals surface area contributed by atoms with Gasteiger partial charge in [-0.2, -0.15) is 0 Å². The molecule has 9 aromatic rings. The highest BCUT2D eigenvalue weighted by molar-refractivity contribution is 7.26. The van der Waals surface area contributed by atoms with Crippen LogP contribution in [0.5, 0.6) is 0 Å². The van der Waals surface area contributed by atoms with E-state index in [0.29, 0.717) is 6.54 Å². The van der Waals surface area contributed by atoms with E-state index in [0.717, 1.165) is 66.5 Å². The lowest BCUT2D eigenvalue weighted by Crippen LogP contribution is -2.34. The predicted molar refractivity (Wildman–Crippen MR) is 268 cm³/mol. The van der Waals surface area contributed by atoms with E-state index in [-0.39, 0.29) is 0 Å². The number of hydrogen-bond donors (Lipinski definition) is 3. The number of benzene rings is 7. The molecule has 0 aliphatic heterocycles. The van der Waals surface area contributed by atoms with Crippen LogP contribution in [0.3, 0.4) is 0 Å². The molecule has 0 fully saturated rings. The summed E-state index contributed by atoms with van der Waals surface area (Å²) in [7, 11) is 1.50. The zero-order valence-electron chi connectivity index (χ0n) is 36.2. The summed E-state index contributed by atoms with van der Waals surface area (Å²) in [4.78, 5) is 0. The number of allylic oxidation sites excluding steroid dienone is 5. The van der Waals surface area contributed by atoms with E-state index in [1.165, 1.54) is 38.3 Å². The van der Waals surface area contributed by atoms with Crippen LogP contribution in [-0.2, 0) is 12.1 Å². The summed E-state index contributed by atoms with van der Waals surface area (Å²) in [6.45, 7) is 15.3. The molecule has 0 spiro atoms. The summed E-state index contributed by atoms with van der Waals surface area (Å²) in [6.07, 6.45) is 8.15. The molecule has 5 heteroatoms. The molecule has 0 saturated heterocycles. The number of hydrogen-bond acceptors (Lipinski definition) is 5. The van der Waals surface area contributed by atoms with Gasteiger partial charge in [-0.1, -0.05) is 166 Å². The van der Waals surface area contributed by atoms with Crippen LogP contribution in [0.4, 0.5) is 0 Å². The van der Waals surface area contributed by atoms with Crippen LogP contribution in [0.1, 0.15) is 55.5 Å². The Bertz CT molecular complexity index is 2950. The largest absolute Gasteiger partial charge is 0.455 e. The summed E-state index contributed by atoms with van der Waals surface area (Å²) in [5.41, 5.74) is 29.0. The molecule has 9 rings (SSSR count). The van der Waals surface area contributed by atoms with E-state index >= 15 is 0 Å².